The maximum absolute atomic E-state index is 14.3. The number of hydrogen-bond donors (Lipinski definition) is 1. The van der Waals surface area contributed by atoms with E-state index < -0.39 is 30.3 Å². The van der Waals surface area contributed by atoms with Gasteiger partial charge in [-0.25, -0.2) is 13.9 Å². The van der Waals surface area contributed by atoms with Crippen LogP contribution in [0.25, 0.3) is 11.4 Å². The Morgan fingerprint density at radius 2 is 1.76 bits per heavy atom. The molecule has 4 rings (SSSR count). The largest absolute Gasteiger partial charge is 0.573 e. The van der Waals surface area contributed by atoms with E-state index in [2.05, 4.69) is 15.2 Å². The number of amides is 1. The normalized spacial score (nSPS) is 11.4. The highest BCUT2D eigenvalue weighted by atomic mass is 35.5. The fourth-order valence-corrected chi connectivity index (χ4v) is 3.86. The van der Waals surface area contributed by atoms with Crippen LogP contribution in [0.5, 0.6) is 5.75 Å². The minimum absolute atomic E-state index is 0.100. The van der Waals surface area contributed by atoms with Gasteiger partial charge in [-0.1, -0.05) is 41.9 Å². The predicted octanol–water partition coefficient (Wildman–Crippen LogP) is 4.81. The fraction of sp³-hybridized carbons (Fsp3) is 0.192. The highest BCUT2D eigenvalue weighted by Crippen LogP contribution is 2.23. The molecule has 198 valence electrons. The zero-order chi connectivity index (χ0) is 27.3. The first-order valence-electron chi connectivity index (χ1n) is 11.4. The summed E-state index contributed by atoms with van der Waals surface area (Å²) in [6, 6.07) is 18.0. The molecule has 4 aromatic rings. The number of halogens is 5. The molecule has 38 heavy (non-hydrogen) atoms. The van der Waals surface area contributed by atoms with Crippen LogP contribution in [0.4, 0.5) is 17.6 Å². The van der Waals surface area contributed by atoms with E-state index >= 15 is 0 Å². The van der Waals surface area contributed by atoms with Crippen LogP contribution < -0.4 is 15.7 Å². The molecule has 3 aromatic carbocycles. The number of aromatic nitrogens is 3. The van der Waals surface area contributed by atoms with E-state index in [0.717, 1.165) is 4.68 Å². The maximum atomic E-state index is 14.3. The molecule has 0 bridgehead atoms. The van der Waals surface area contributed by atoms with Crippen LogP contribution in [0.15, 0.2) is 77.6 Å². The second-order valence-electron chi connectivity index (χ2n) is 8.24. The minimum Gasteiger partial charge on any atom is -0.406 e. The summed E-state index contributed by atoms with van der Waals surface area (Å²) >= 11 is 5.97. The first kappa shape index (κ1) is 26.9. The van der Waals surface area contributed by atoms with Crippen LogP contribution in [0.1, 0.15) is 11.1 Å². The summed E-state index contributed by atoms with van der Waals surface area (Å²) < 4.78 is 57.7. The number of hydrogen-bond acceptors (Lipinski definition) is 4. The van der Waals surface area contributed by atoms with E-state index in [1.807, 2.05) is 0 Å². The second-order valence-corrected chi connectivity index (χ2v) is 8.68. The summed E-state index contributed by atoms with van der Waals surface area (Å²) in [5.41, 5.74) is 0.710. The van der Waals surface area contributed by atoms with Crippen molar-refractivity contribution in [2.24, 2.45) is 0 Å². The molecule has 7 nitrogen and oxygen atoms in total. The van der Waals surface area contributed by atoms with Gasteiger partial charge in [0, 0.05) is 22.7 Å². The Bertz CT molecular complexity index is 1480. The van der Waals surface area contributed by atoms with Crippen LogP contribution in [-0.4, -0.2) is 33.2 Å². The van der Waals surface area contributed by atoms with E-state index in [1.54, 1.807) is 42.5 Å². The first-order valence-corrected chi connectivity index (χ1v) is 11.8. The quantitative estimate of drug-likeness (QED) is 0.305. The van der Waals surface area contributed by atoms with Gasteiger partial charge in [0.15, 0.2) is 5.82 Å². The topological polar surface area (TPSA) is 78.2 Å². The van der Waals surface area contributed by atoms with Crippen LogP contribution in [-0.2, 0) is 24.3 Å². The lowest BCUT2D eigenvalue weighted by Gasteiger charge is -2.10. The minimum atomic E-state index is -4.80. The van der Waals surface area contributed by atoms with Gasteiger partial charge in [0.2, 0.25) is 5.91 Å². The smallest absolute Gasteiger partial charge is 0.406 e. The number of ether oxygens (including phenoxy) is 1. The summed E-state index contributed by atoms with van der Waals surface area (Å²) in [5.74, 6) is -1.16. The average Bonchev–Trinajstić information content (AvgIpc) is 3.15. The molecule has 1 heterocycles. The zero-order valence-electron chi connectivity index (χ0n) is 19.7. The van der Waals surface area contributed by atoms with Gasteiger partial charge in [-0.3, -0.25) is 9.36 Å². The van der Waals surface area contributed by atoms with Crippen molar-refractivity contribution in [1.82, 2.24) is 19.7 Å². The summed E-state index contributed by atoms with van der Waals surface area (Å²) in [5, 5.41) is 7.40. The molecule has 0 saturated heterocycles. The van der Waals surface area contributed by atoms with Crippen LogP contribution in [0.2, 0.25) is 5.02 Å². The molecule has 0 fully saturated rings. The molecule has 0 aliphatic carbocycles. The highest BCUT2D eigenvalue weighted by Gasteiger charge is 2.31. The van der Waals surface area contributed by atoms with E-state index in [0.29, 0.717) is 16.1 Å². The second kappa shape index (κ2) is 11.5. The van der Waals surface area contributed by atoms with Crippen molar-refractivity contribution in [2.75, 3.05) is 6.54 Å². The van der Waals surface area contributed by atoms with Gasteiger partial charge in [0.1, 0.15) is 18.1 Å². The maximum Gasteiger partial charge on any atom is 0.573 e. The van der Waals surface area contributed by atoms with Crippen molar-refractivity contribution in [3.63, 3.8) is 0 Å². The number of benzene rings is 3. The molecule has 0 aliphatic rings. The third-order valence-electron chi connectivity index (χ3n) is 5.47. The molecule has 1 amide bonds. The highest BCUT2D eigenvalue weighted by molar-refractivity contribution is 6.30. The lowest BCUT2D eigenvalue weighted by molar-refractivity contribution is -0.274. The van der Waals surface area contributed by atoms with Crippen LogP contribution in [0.3, 0.4) is 0 Å². The Kier molecular flexibility index (Phi) is 8.16. The van der Waals surface area contributed by atoms with Gasteiger partial charge < -0.3 is 10.1 Å². The molecule has 0 atom stereocenters. The Morgan fingerprint density at radius 1 is 1.03 bits per heavy atom. The lowest BCUT2D eigenvalue weighted by atomic mass is 10.1. The number of rotatable bonds is 9. The first-order chi connectivity index (χ1) is 18.1. The monoisotopic (exact) mass is 548 g/mol. The molecule has 0 radical (unpaired) electrons. The molecule has 1 N–H and O–H groups in total. The Morgan fingerprint density at radius 3 is 2.47 bits per heavy atom. The Balaban J connectivity index is 1.48. The summed E-state index contributed by atoms with van der Waals surface area (Å²) in [4.78, 5) is 25.7. The van der Waals surface area contributed by atoms with Crippen LogP contribution >= 0.6 is 11.6 Å². The predicted molar refractivity (Wildman–Crippen MR) is 132 cm³/mol. The molecular weight excluding hydrogens is 528 g/mol. The van der Waals surface area contributed by atoms with Gasteiger partial charge in [0.25, 0.3) is 0 Å². The summed E-state index contributed by atoms with van der Waals surface area (Å²) in [6.45, 7) is -0.425. The third kappa shape index (κ3) is 7.00. The third-order valence-corrected chi connectivity index (χ3v) is 5.72. The van der Waals surface area contributed by atoms with Crippen molar-refractivity contribution >= 4 is 17.5 Å². The standard InChI is InChI=1S/C26H21ClF4N4O3/c27-20-10-8-18(9-11-20)24-33-35(25(37)34(24)15-19-5-1-2-7-22(19)28)16-23(36)32-13-12-17-4-3-6-21(14-17)38-26(29,30)31/h1-11,14H,12-13,15-16H2,(H,32,36). The van der Waals surface area contributed by atoms with Crippen molar-refractivity contribution < 1.29 is 27.1 Å². The molecular formula is C26H21ClF4N4O3. The van der Waals surface area contributed by atoms with Crippen molar-refractivity contribution in [3.8, 4) is 17.1 Å². The summed E-state index contributed by atoms with van der Waals surface area (Å²) in [7, 11) is 0. The number of alkyl halides is 3. The van der Waals surface area contributed by atoms with Crippen molar-refractivity contribution in [2.45, 2.75) is 25.9 Å². The van der Waals surface area contributed by atoms with E-state index in [4.69, 9.17) is 11.6 Å². The molecule has 12 heteroatoms. The summed E-state index contributed by atoms with van der Waals surface area (Å²) in [6.07, 6.45) is -4.58. The number of carbonyl (C=O) groups excluding carboxylic acids is 1. The van der Waals surface area contributed by atoms with Gasteiger partial charge >= 0.3 is 12.1 Å². The van der Waals surface area contributed by atoms with Gasteiger partial charge in [0.05, 0.1) is 6.54 Å². The Hall–Kier alpha value is -4.12. The van der Waals surface area contributed by atoms with Gasteiger partial charge in [-0.15, -0.1) is 18.3 Å². The number of nitrogens with one attached hydrogen (secondary N) is 1. The molecule has 0 unspecified atom stereocenters. The van der Waals surface area contributed by atoms with Crippen molar-refractivity contribution in [1.29, 1.82) is 0 Å². The van der Waals surface area contributed by atoms with Crippen molar-refractivity contribution in [3.05, 3.63) is 105 Å². The lowest BCUT2D eigenvalue weighted by Crippen LogP contribution is -2.34. The van der Waals surface area contributed by atoms with E-state index in [9.17, 15) is 27.2 Å². The number of carbonyl (C=O) groups is 1. The SMILES string of the molecule is O=C(Cn1nc(-c2ccc(Cl)cc2)n(Cc2ccccc2F)c1=O)NCCc1cccc(OC(F)(F)F)c1. The van der Waals surface area contributed by atoms with E-state index in [1.165, 1.54) is 34.9 Å². The molecule has 0 aliphatic heterocycles. The van der Waals surface area contributed by atoms with Gasteiger partial charge in [-0.2, -0.15) is 0 Å². The van der Waals surface area contributed by atoms with Crippen LogP contribution in [0, 0.1) is 5.82 Å². The fourth-order valence-electron chi connectivity index (χ4n) is 3.73. The molecule has 1 aromatic heterocycles. The molecule has 0 spiro atoms. The van der Waals surface area contributed by atoms with E-state index in [-0.39, 0.29) is 36.6 Å². The zero-order valence-corrected chi connectivity index (χ0v) is 20.5. The van der Waals surface area contributed by atoms with Gasteiger partial charge in [-0.05, 0) is 54.4 Å². The number of nitrogens with zero attached hydrogens (tertiary/aromatic N) is 3. The average molecular weight is 549 g/mol. The Labute approximate surface area is 219 Å². The molecule has 0 saturated carbocycles.